The standard InChI is InChI=1S/C23H26FN5O3/c1-14-17(23(30)29-9-2-3-19(26-31)22(29)25-14)8-12-28-10-6-15(7-11-28)21-18-5-4-16(24)13-20(18)32-27-21/h4-5,13,15,19H,2-3,6-12H2,1H3. The van der Waals surface area contributed by atoms with Crippen LogP contribution in [-0.4, -0.2) is 39.2 Å². The van der Waals surface area contributed by atoms with Gasteiger partial charge in [-0.3, -0.25) is 9.36 Å². The van der Waals surface area contributed by atoms with Gasteiger partial charge in [-0.15, -0.1) is 0 Å². The summed E-state index contributed by atoms with van der Waals surface area (Å²) in [6, 6.07) is 4.04. The lowest BCUT2D eigenvalue weighted by molar-refractivity contribution is 0.211. The molecule has 0 bridgehead atoms. The number of nitrogens with zero attached hydrogens (tertiary/aromatic N) is 5. The van der Waals surface area contributed by atoms with Crippen LogP contribution in [0.4, 0.5) is 4.39 Å². The monoisotopic (exact) mass is 439 g/mol. The minimum Gasteiger partial charge on any atom is -0.356 e. The molecule has 0 N–H and O–H groups in total. The smallest absolute Gasteiger partial charge is 0.257 e. The Morgan fingerprint density at radius 1 is 1.22 bits per heavy atom. The van der Waals surface area contributed by atoms with Crippen molar-refractivity contribution >= 4 is 11.0 Å². The maximum absolute atomic E-state index is 13.4. The van der Waals surface area contributed by atoms with Gasteiger partial charge in [0.1, 0.15) is 17.7 Å². The molecule has 2 aliphatic rings. The van der Waals surface area contributed by atoms with Gasteiger partial charge in [0, 0.05) is 41.7 Å². The Bertz CT molecular complexity index is 1210. The molecule has 9 heteroatoms. The van der Waals surface area contributed by atoms with Gasteiger partial charge in [-0.2, -0.15) is 4.91 Å². The van der Waals surface area contributed by atoms with E-state index >= 15 is 0 Å². The summed E-state index contributed by atoms with van der Waals surface area (Å²) in [6.45, 7) is 5.02. The van der Waals surface area contributed by atoms with Crippen LogP contribution in [0.25, 0.3) is 11.0 Å². The molecule has 168 valence electrons. The van der Waals surface area contributed by atoms with Gasteiger partial charge in [-0.25, -0.2) is 9.37 Å². The Morgan fingerprint density at radius 3 is 2.81 bits per heavy atom. The first-order valence-electron chi connectivity index (χ1n) is 11.2. The average molecular weight is 439 g/mol. The van der Waals surface area contributed by atoms with Crippen molar-refractivity contribution in [3.8, 4) is 0 Å². The molecule has 1 fully saturated rings. The Labute approximate surface area is 184 Å². The molecule has 0 saturated carbocycles. The summed E-state index contributed by atoms with van der Waals surface area (Å²) < 4.78 is 20.4. The van der Waals surface area contributed by atoms with Crippen molar-refractivity contribution in [2.24, 2.45) is 5.18 Å². The highest BCUT2D eigenvalue weighted by atomic mass is 19.1. The minimum atomic E-state index is -0.521. The molecule has 4 heterocycles. The zero-order chi connectivity index (χ0) is 22.2. The van der Waals surface area contributed by atoms with Crippen LogP contribution < -0.4 is 5.56 Å². The van der Waals surface area contributed by atoms with Gasteiger partial charge >= 0.3 is 0 Å². The maximum Gasteiger partial charge on any atom is 0.257 e. The fourth-order valence-electron chi connectivity index (χ4n) is 5.08. The number of aryl methyl sites for hydroxylation is 1. The summed E-state index contributed by atoms with van der Waals surface area (Å²) in [6.07, 6.45) is 3.93. The fourth-order valence-corrected chi connectivity index (χ4v) is 5.08. The number of likely N-dealkylation sites (tertiary alicyclic amines) is 1. The van der Waals surface area contributed by atoms with E-state index in [1.54, 1.807) is 10.6 Å². The SMILES string of the molecule is Cc1nc2n(c(=O)c1CCN1CCC(c3noc4cc(F)ccc34)CC1)CCCC2N=O. The highest BCUT2D eigenvalue weighted by Gasteiger charge is 2.27. The van der Waals surface area contributed by atoms with E-state index in [9.17, 15) is 14.1 Å². The molecular weight excluding hydrogens is 413 g/mol. The van der Waals surface area contributed by atoms with Crippen LogP contribution in [0.15, 0.2) is 32.7 Å². The quantitative estimate of drug-likeness (QED) is 0.561. The van der Waals surface area contributed by atoms with Crippen LogP contribution in [0.5, 0.6) is 0 Å². The van der Waals surface area contributed by atoms with Crippen molar-refractivity contribution in [2.45, 2.75) is 57.5 Å². The summed E-state index contributed by atoms with van der Waals surface area (Å²) in [4.78, 5) is 31.1. The third kappa shape index (κ3) is 3.74. The number of halogens is 1. The first-order valence-corrected chi connectivity index (χ1v) is 11.2. The number of piperidine rings is 1. The zero-order valence-corrected chi connectivity index (χ0v) is 18.1. The zero-order valence-electron chi connectivity index (χ0n) is 18.1. The molecule has 1 aromatic carbocycles. The van der Waals surface area contributed by atoms with E-state index in [4.69, 9.17) is 4.52 Å². The molecule has 0 aliphatic carbocycles. The molecule has 0 amide bonds. The third-order valence-electron chi connectivity index (χ3n) is 6.90. The Hall–Kier alpha value is -2.94. The molecule has 5 rings (SSSR count). The minimum absolute atomic E-state index is 0.0305. The number of rotatable bonds is 5. The van der Waals surface area contributed by atoms with Crippen molar-refractivity contribution in [2.75, 3.05) is 19.6 Å². The van der Waals surface area contributed by atoms with E-state index in [0.29, 0.717) is 36.5 Å². The molecule has 2 aliphatic heterocycles. The third-order valence-corrected chi connectivity index (χ3v) is 6.90. The molecule has 8 nitrogen and oxygen atoms in total. The molecule has 32 heavy (non-hydrogen) atoms. The first kappa shape index (κ1) is 20.9. The lowest BCUT2D eigenvalue weighted by Gasteiger charge is -2.31. The van der Waals surface area contributed by atoms with Gasteiger partial charge in [0.2, 0.25) is 0 Å². The Kier molecular flexibility index (Phi) is 5.58. The van der Waals surface area contributed by atoms with E-state index in [2.05, 4.69) is 20.2 Å². The van der Waals surface area contributed by atoms with E-state index in [0.717, 1.165) is 55.5 Å². The lowest BCUT2D eigenvalue weighted by Crippen LogP contribution is -2.37. The van der Waals surface area contributed by atoms with E-state index in [1.807, 2.05) is 6.92 Å². The molecule has 2 aromatic heterocycles. The molecule has 0 spiro atoms. The maximum atomic E-state index is 13.4. The van der Waals surface area contributed by atoms with Crippen LogP contribution >= 0.6 is 0 Å². The van der Waals surface area contributed by atoms with Crippen molar-refractivity contribution in [1.29, 1.82) is 0 Å². The molecule has 1 saturated heterocycles. The van der Waals surface area contributed by atoms with Gasteiger partial charge in [-0.05, 0) is 64.3 Å². The number of nitroso groups, excluding NO2 is 1. The van der Waals surface area contributed by atoms with Crippen LogP contribution in [0.3, 0.4) is 0 Å². The number of benzene rings is 1. The van der Waals surface area contributed by atoms with Crippen molar-refractivity contribution in [3.05, 3.63) is 62.1 Å². The number of hydrogen-bond donors (Lipinski definition) is 0. The second kappa shape index (κ2) is 8.54. The van der Waals surface area contributed by atoms with Crippen molar-refractivity contribution in [3.63, 3.8) is 0 Å². The highest BCUT2D eigenvalue weighted by Crippen LogP contribution is 2.33. The predicted molar refractivity (Wildman–Crippen MR) is 117 cm³/mol. The number of aromatic nitrogens is 3. The fraction of sp³-hybridized carbons (Fsp3) is 0.522. The Balaban J connectivity index is 1.24. The van der Waals surface area contributed by atoms with Crippen LogP contribution in [-0.2, 0) is 13.0 Å². The van der Waals surface area contributed by atoms with Crippen LogP contribution in [0.1, 0.15) is 60.4 Å². The molecule has 1 unspecified atom stereocenters. The van der Waals surface area contributed by atoms with Crippen LogP contribution in [0, 0.1) is 17.6 Å². The second-order valence-electron chi connectivity index (χ2n) is 8.83. The molecule has 0 radical (unpaired) electrons. The molecule has 1 atom stereocenters. The first-order chi connectivity index (χ1) is 15.5. The summed E-state index contributed by atoms with van der Waals surface area (Å²) in [5.41, 5.74) is 2.80. The lowest BCUT2D eigenvalue weighted by atomic mass is 9.91. The van der Waals surface area contributed by atoms with Crippen molar-refractivity contribution in [1.82, 2.24) is 19.6 Å². The summed E-state index contributed by atoms with van der Waals surface area (Å²) in [5.74, 6) is 0.470. The summed E-state index contributed by atoms with van der Waals surface area (Å²) >= 11 is 0. The summed E-state index contributed by atoms with van der Waals surface area (Å²) in [5, 5.41) is 8.26. The number of hydrogen-bond acceptors (Lipinski definition) is 7. The van der Waals surface area contributed by atoms with E-state index in [-0.39, 0.29) is 17.3 Å². The normalized spacial score (nSPS) is 19.9. The average Bonchev–Trinajstić information content (AvgIpc) is 3.22. The molecular formula is C23H26FN5O3. The van der Waals surface area contributed by atoms with Gasteiger partial charge in [0.25, 0.3) is 5.56 Å². The van der Waals surface area contributed by atoms with Gasteiger partial charge < -0.3 is 9.42 Å². The summed E-state index contributed by atoms with van der Waals surface area (Å²) in [7, 11) is 0. The van der Waals surface area contributed by atoms with Gasteiger partial charge in [-0.1, -0.05) is 10.3 Å². The van der Waals surface area contributed by atoms with Crippen LogP contribution in [0.2, 0.25) is 0 Å². The Morgan fingerprint density at radius 2 is 2.03 bits per heavy atom. The number of fused-ring (bicyclic) bond motifs is 2. The highest BCUT2D eigenvalue weighted by molar-refractivity contribution is 5.79. The van der Waals surface area contributed by atoms with E-state index in [1.165, 1.54) is 12.1 Å². The van der Waals surface area contributed by atoms with Gasteiger partial charge in [0.15, 0.2) is 5.58 Å². The predicted octanol–water partition coefficient (Wildman–Crippen LogP) is 3.86. The topological polar surface area (TPSA) is 93.6 Å². The van der Waals surface area contributed by atoms with Crippen molar-refractivity contribution < 1.29 is 8.91 Å². The molecule has 3 aromatic rings. The second-order valence-corrected chi connectivity index (χ2v) is 8.83. The van der Waals surface area contributed by atoms with Gasteiger partial charge in [0.05, 0.1) is 5.69 Å². The van der Waals surface area contributed by atoms with E-state index < -0.39 is 6.04 Å². The largest absolute Gasteiger partial charge is 0.356 e.